The highest BCUT2D eigenvalue weighted by molar-refractivity contribution is 7.90. The van der Waals surface area contributed by atoms with Gasteiger partial charge in [0.25, 0.3) is 0 Å². The van der Waals surface area contributed by atoms with Gasteiger partial charge < -0.3 is 10.2 Å². The molecule has 3 aromatic heterocycles. The predicted molar refractivity (Wildman–Crippen MR) is 142 cm³/mol. The lowest BCUT2D eigenvalue weighted by Gasteiger charge is -2.25. The number of nitrogens with one attached hydrogen (secondary N) is 2. The number of hydrogen-bond donors (Lipinski definition) is 2. The van der Waals surface area contributed by atoms with Crippen molar-refractivity contribution in [2.24, 2.45) is 0 Å². The molecule has 0 atom stereocenters. The largest absolute Gasteiger partial charge is 0.321 e. The van der Waals surface area contributed by atoms with Crippen molar-refractivity contribution in [1.29, 1.82) is 0 Å². The van der Waals surface area contributed by atoms with E-state index in [0.717, 1.165) is 33.2 Å². The van der Waals surface area contributed by atoms with Crippen LogP contribution in [0.4, 0.5) is 15.9 Å². The number of H-pyrrole nitrogens is 1. The normalized spacial score (nSPS) is 11.8. The van der Waals surface area contributed by atoms with E-state index in [-0.39, 0.29) is 11.6 Å². The molecule has 0 spiro atoms. The molecule has 5 rings (SSSR count). The van der Waals surface area contributed by atoms with Crippen LogP contribution in [0.5, 0.6) is 0 Å². The number of nitrogens with zero attached hydrogens (tertiary/aromatic N) is 5. The molecule has 2 N–H and O–H groups in total. The number of halogens is 1. The molecule has 0 amide bonds. The average molecular weight is 520 g/mol. The summed E-state index contributed by atoms with van der Waals surface area (Å²) in [7, 11) is -3.01. The molecule has 0 saturated heterocycles. The minimum atomic E-state index is -3.01. The van der Waals surface area contributed by atoms with Gasteiger partial charge >= 0.3 is 0 Å². The van der Waals surface area contributed by atoms with E-state index in [1.54, 1.807) is 18.5 Å². The molecule has 5 aromatic rings. The minimum absolute atomic E-state index is 0.0895. The summed E-state index contributed by atoms with van der Waals surface area (Å²) in [6.45, 7) is 1.36. The van der Waals surface area contributed by atoms with E-state index in [4.69, 9.17) is 0 Å². The number of aromatic nitrogens is 5. The third-order valence-corrected chi connectivity index (χ3v) is 6.93. The van der Waals surface area contributed by atoms with E-state index < -0.39 is 9.84 Å². The molecule has 0 unspecified atom stereocenters. The Kier molecular flexibility index (Phi) is 7.06. The Hall–Kier alpha value is -3.96. The van der Waals surface area contributed by atoms with Crippen LogP contribution in [0, 0.1) is 5.82 Å². The van der Waals surface area contributed by atoms with Crippen molar-refractivity contribution >= 4 is 43.1 Å². The Morgan fingerprint density at radius 1 is 1.03 bits per heavy atom. The summed E-state index contributed by atoms with van der Waals surface area (Å²) in [5.41, 5.74) is 4.10. The van der Waals surface area contributed by atoms with Gasteiger partial charge in [0, 0.05) is 54.5 Å². The fraction of sp³-hybridized carbons (Fsp3) is 0.231. The van der Waals surface area contributed by atoms with Crippen LogP contribution in [0.1, 0.15) is 11.3 Å². The Morgan fingerprint density at radius 2 is 1.92 bits per heavy atom. The maximum Gasteiger partial charge on any atom is 0.148 e. The fourth-order valence-electron chi connectivity index (χ4n) is 4.14. The maximum atomic E-state index is 14.0. The third kappa shape index (κ3) is 6.07. The van der Waals surface area contributed by atoms with Gasteiger partial charge in [-0.2, -0.15) is 5.10 Å². The summed E-state index contributed by atoms with van der Waals surface area (Å²) in [6, 6.07) is 14.4. The Bertz CT molecular complexity index is 1660. The summed E-state index contributed by atoms with van der Waals surface area (Å²) in [4.78, 5) is 15.6. The van der Waals surface area contributed by atoms with Crippen LogP contribution in [0.15, 0.2) is 67.3 Å². The van der Waals surface area contributed by atoms with Gasteiger partial charge in [0.05, 0.1) is 29.2 Å². The molecule has 0 radical (unpaired) electrons. The van der Waals surface area contributed by atoms with Crippen LogP contribution < -0.4 is 10.2 Å². The second kappa shape index (κ2) is 10.6. The Labute approximate surface area is 213 Å². The van der Waals surface area contributed by atoms with E-state index in [2.05, 4.69) is 30.5 Å². The molecular formula is C26H26FN7O2S. The van der Waals surface area contributed by atoms with E-state index in [1.807, 2.05) is 35.2 Å². The summed E-state index contributed by atoms with van der Waals surface area (Å²) in [5, 5.41) is 12.0. The van der Waals surface area contributed by atoms with Gasteiger partial charge in [-0.3, -0.25) is 10.1 Å². The molecular weight excluding hydrogens is 493 g/mol. The lowest BCUT2D eigenvalue weighted by molar-refractivity contribution is 0.596. The number of pyridine rings is 1. The van der Waals surface area contributed by atoms with E-state index in [1.165, 1.54) is 24.7 Å². The topological polar surface area (TPSA) is 117 Å². The van der Waals surface area contributed by atoms with Crippen molar-refractivity contribution in [3.63, 3.8) is 0 Å². The Morgan fingerprint density at radius 3 is 2.76 bits per heavy atom. The zero-order valence-corrected chi connectivity index (χ0v) is 21.0. The minimum Gasteiger partial charge on any atom is -0.321 e. The van der Waals surface area contributed by atoms with Crippen molar-refractivity contribution in [3.05, 3.63) is 84.3 Å². The van der Waals surface area contributed by atoms with Crippen molar-refractivity contribution < 1.29 is 12.8 Å². The molecule has 3 heterocycles. The van der Waals surface area contributed by atoms with Crippen LogP contribution >= 0.6 is 0 Å². The second-order valence-electron chi connectivity index (χ2n) is 8.88. The van der Waals surface area contributed by atoms with Gasteiger partial charge in [-0.1, -0.05) is 12.1 Å². The molecule has 0 fully saturated rings. The molecule has 2 aromatic carbocycles. The lowest BCUT2D eigenvalue weighted by atomic mass is 10.1. The molecule has 11 heteroatoms. The predicted octanol–water partition coefficient (Wildman–Crippen LogP) is 3.56. The standard InChI is InChI=1S/C26H26FN7O2S/c1-37(35,36)10-9-28-8-7-21-13-23-25(15-29-21)30-17-31-26(23)34(16-18-3-2-4-20(27)11-18)22-5-6-24-19(12-22)14-32-33-24/h2-6,11-15,17,28H,7-10,16H2,1H3,(H,32,33). The van der Waals surface area contributed by atoms with Crippen LogP contribution in [-0.2, 0) is 22.8 Å². The molecule has 0 aliphatic carbocycles. The number of aromatic amines is 1. The molecule has 0 bridgehead atoms. The smallest absolute Gasteiger partial charge is 0.148 e. The molecule has 0 aliphatic rings. The number of fused-ring (bicyclic) bond motifs is 2. The highest BCUT2D eigenvalue weighted by Crippen LogP contribution is 2.33. The zero-order valence-electron chi connectivity index (χ0n) is 20.2. The third-order valence-electron chi connectivity index (χ3n) is 5.99. The van der Waals surface area contributed by atoms with Crippen molar-refractivity contribution in [2.75, 3.05) is 30.0 Å². The highest BCUT2D eigenvalue weighted by Gasteiger charge is 2.17. The summed E-state index contributed by atoms with van der Waals surface area (Å²) < 4.78 is 36.7. The first-order valence-electron chi connectivity index (χ1n) is 11.8. The molecule has 0 aliphatic heterocycles. The lowest BCUT2D eigenvalue weighted by Crippen LogP contribution is -2.24. The number of anilines is 2. The van der Waals surface area contributed by atoms with E-state index in [0.29, 0.717) is 37.4 Å². The van der Waals surface area contributed by atoms with Gasteiger partial charge in [-0.05, 0) is 42.0 Å². The number of rotatable bonds is 10. The zero-order chi connectivity index (χ0) is 25.8. The maximum absolute atomic E-state index is 14.0. The summed E-state index contributed by atoms with van der Waals surface area (Å²) in [5.74, 6) is 0.461. The monoisotopic (exact) mass is 519 g/mol. The van der Waals surface area contributed by atoms with Crippen LogP contribution in [-0.4, -0.2) is 58.7 Å². The molecule has 190 valence electrons. The van der Waals surface area contributed by atoms with Crippen LogP contribution in [0.3, 0.4) is 0 Å². The van der Waals surface area contributed by atoms with Gasteiger partial charge in [0.2, 0.25) is 0 Å². The number of benzene rings is 2. The number of sulfone groups is 1. The van der Waals surface area contributed by atoms with E-state index >= 15 is 0 Å². The SMILES string of the molecule is CS(=O)(=O)CCNCCc1cc2c(N(Cc3cccc(F)c3)c3ccc4[nH]ncc4c3)ncnc2cn1. The summed E-state index contributed by atoms with van der Waals surface area (Å²) in [6.07, 6.45) is 6.81. The van der Waals surface area contributed by atoms with Gasteiger partial charge in [-0.15, -0.1) is 0 Å². The average Bonchev–Trinajstić information content (AvgIpc) is 3.34. The van der Waals surface area contributed by atoms with E-state index in [9.17, 15) is 12.8 Å². The first-order valence-corrected chi connectivity index (χ1v) is 13.8. The second-order valence-corrected chi connectivity index (χ2v) is 11.1. The fourth-order valence-corrected chi connectivity index (χ4v) is 4.66. The van der Waals surface area contributed by atoms with Crippen molar-refractivity contribution in [1.82, 2.24) is 30.5 Å². The van der Waals surface area contributed by atoms with Crippen molar-refractivity contribution in [3.8, 4) is 0 Å². The quantitative estimate of drug-likeness (QED) is 0.269. The van der Waals surface area contributed by atoms with Crippen molar-refractivity contribution in [2.45, 2.75) is 13.0 Å². The molecule has 0 saturated carbocycles. The molecule has 9 nitrogen and oxygen atoms in total. The number of hydrogen-bond acceptors (Lipinski definition) is 8. The van der Waals surface area contributed by atoms with Gasteiger partial charge in [-0.25, -0.2) is 22.8 Å². The summed E-state index contributed by atoms with van der Waals surface area (Å²) >= 11 is 0. The van der Waals surface area contributed by atoms with Gasteiger partial charge in [0.1, 0.15) is 27.8 Å². The van der Waals surface area contributed by atoms with Crippen LogP contribution in [0.2, 0.25) is 0 Å². The van der Waals surface area contributed by atoms with Crippen LogP contribution in [0.25, 0.3) is 21.8 Å². The highest BCUT2D eigenvalue weighted by atomic mass is 32.2. The Balaban J connectivity index is 1.49. The van der Waals surface area contributed by atoms with Gasteiger partial charge in [0.15, 0.2) is 0 Å². The first-order chi connectivity index (χ1) is 17.9. The molecule has 37 heavy (non-hydrogen) atoms. The first kappa shape index (κ1) is 24.7.